The third-order valence-electron chi connectivity index (χ3n) is 1.84. The van der Waals surface area contributed by atoms with Gasteiger partial charge in [-0.05, 0) is 10.6 Å². The van der Waals surface area contributed by atoms with Crippen molar-refractivity contribution in [2.75, 3.05) is 0 Å². The lowest BCUT2D eigenvalue weighted by Crippen LogP contribution is -2.30. The predicted molar refractivity (Wildman–Crippen MR) is 55.2 cm³/mol. The number of aromatic nitrogens is 3. The summed E-state index contributed by atoms with van der Waals surface area (Å²) in [6.07, 6.45) is 1.21. The molecule has 0 amide bonds. The summed E-state index contributed by atoms with van der Waals surface area (Å²) in [5.74, 6) is -0.196. The quantitative estimate of drug-likeness (QED) is 0.250. The summed E-state index contributed by atoms with van der Waals surface area (Å²) < 4.78 is 0. The maximum absolute atomic E-state index is 11.1. The monoisotopic (exact) mass is 214 g/mol. The molecule has 78 valence electrons. The van der Waals surface area contributed by atoms with Crippen molar-refractivity contribution in [1.29, 1.82) is 0 Å². The Morgan fingerprint density at radius 2 is 2.06 bits per heavy atom. The molecule has 0 aliphatic heterocycles. The van der Waals surface area contributed by atoms with Crippen LogP contribution >= 0.6 is 0 Å². The Morgan fingerprint density at radius 3 is 2.75 bits per heavy atom. The minimum absolute atomic E-state index is 0.196. The number of benzene rings is 1. The Kier molecular flexibility index (Phi) is 2.62. The van der Waals surface area contributed by atoms with Crippen molar-refractivity contribution in [1.82, 2.24) is 10.1 Å². The second-order valence-electron chi connectivity index (χ2n) is 2.88. The van der Waals surface area contributed by atoms with E-state index in [-0.39, 0.29) is 5.95 Å². The van der Waals surface area contributed by atoms with E-state index in [1.165, 1.54) is 6.20 Å². The molecule has 0 saturated carbocycles. The van der Waals surface area contributed by atoms with E-state index in [1.807, 2.05) is 18.2 Å². The Bertz CT molecular complexity index is 549. The SMILES string of the molecule is [N-]=[N+]=Nc1nc(-c2ccccc2)c[n+]([O-])n1. The minimum atomic E-state index is -0.196. The summed E-state index contributed by atoms with van der Waals surface area (Å²) in [4.78, 5) is 6.79. The van der Waals surface area contributed by atoms with E-state index >= 15 is 0 Å². The van der Waals surface area contributed by atoms with Crippen molar-refractivity contribution in [3.8, 4) is 11.3 Å². The highest BCUT2D eigenvalue weighted by Crippen LogP contribution is 2.15. The molecule has 0 saturated heterocycles. The summed E-state index contributed by atoms with van der Waals surface area (Å²) in [6, 6.07) is 9.08. The van der Waals surface area contributed by atoms with Crippen LogP contribution in [0.2, 0.25) is 0 Å². The van der Waals surface area contributed by atoms with Gasteiger partial charge in [-0.25, -0.2) is 4.98 Å². The molecule has 1 aromatic carbocycles. The molecule has 16 heavy (non-hydrogen) atoms. The Labute approximate surface area is 90.2 Å². The molecular formula is C9H6N6O. The van der Waals surface area contributed by atoms with Gasteiger partial charge in [0.05, 0.1) is 0 Å². The Balaban J connectivity index is 2.53. The average Bonchev–Trinajstić information content (AvgIpc) is 2.30. The molecule has 7 nitrogen and oxygen atoms in total. The summed E-state index contributed by atoms with van der Waals surface area (Å²) in [5.41, 5.74) is 9.40. The van der Waals surface area contributed by atoms with Gasteiger partial charge in [-0.3, -0.25) is 0 Å². The average molecular weight is 214 g/mol. The summed E-state index contributed by atoms with van der Waals surface area (Å²) in [5, 5.41) is 17.7. The first-order chi connectivity index (χ1) is 7.79. The van der Waals surface area contributed by atoms with Crippen LogP contribution in [0.25, 0.3) is 21.7 Å². The van der Waals surface area contributed by atoms with Crippen molar-refractivity contribution in [3.63, 3.8) is 0 Å². The van der Waals surface area contributed by atoms with Gasteiger partial charge in [0.15, 0.2) is 0 Å². The Morgan fingerprint density at radius 1 is 1.31 bits per heavy atom. The molecule has 1 heterocycles. The molecule has 0 aliphatic rings. The molecule has 2 rings (SSSR count). The molecule has 0 aliphatic carbocycles. The van der Waals surface area contributed by atoms with Crippen molar-refractivity contribution >= 4 is 5.95 Å². The molecular weight excluding hydrogens is 208 g/mol. The molecule has 0 unspecified atom stereocenters. The number of azide groups is 1. The fraction of sp³-hybridized carbons (Fsp3) is 0. The highest BCUT2D eigenvalue weighted by molar-refractivity contribution is 5.57. The highest BCUT2D eigenvalue weighted by Gasteiger charge is 2.07. The minimum Gasteiger partial charge on any atom is -0.594 e. The van der Waals surface area contributed by atoms with Gasteiger partial charge in [0.1, 0.15) is 5.69 Å². The second kappa shape index (κ2) is 4.24. The van der Waals surface area contributed by atoms with E-state index in [1.54, 1.807) is 12.1 Å². The van der Waals surface area contributed by atoms with Crippen LogP contribution in [0.5, 0.6) is 0 Å². The van der Waals surface area contributed by atoms with E-state index in [2.05, 4.69) is 20.1 Å². The molecule has 0 spiro atoms. The van der Waals surface area contributed by atoms with E-state index in [9.17, 15) is 5.21 Å². The lowest BCUT2D eigenvalue weighted by Gasteiger charge is -1.99. The molecule has 0 fully saturated rings. The summed E-state index contributed by atoms with van der Waals surface area (Å²) >= 11 is 0. The topological polar surface area (TPSA) is 101 Å². The molecule has 7 heteroatoms. The first kappa shape index (κ1) is 9.88. The summed E-state index contributed by atoms with van der Waals surface area (Å²) in [6.45, 7) is 0. The van der Waals surface area contributed by atoms with Gasteiger partial charge in [-0.2, -0.15) is 0 Å². The zero-order valence-electron chi connectivity index (χ0n) is 8.06. The zero-order valence-corrected chi connectivity index (χ0v) is 8.06. The van der Waals surface area contributed by atoms with Crippen molar-refractivity contribution in [2.45, 2.75) is 0 Å². The van der Waals surface area contributed by atoms with Gasteiger partial charge in [0, 0.05) is 15.6 Å². The van der Waals surface area contributed by atoms with Gasteiger partial charge in [-0.15, -0.1) is 0 Å². The van der Waals surface area contributed by atoms with Crippen molar-refractivity contribution in [2.24, 2.45) is 5.11 Å². The molecule has 0 bridgehead atoms. The largest absolute Gasteiger partial charge is 0.594 e. The lowest BCUT2D eigenvalue weighted by atomic mass is 10.2. The van der Waals surface area contributed by atoms with E-state index < -0.39 is 0 Å². The van der Waals surface area contributed by atoms with E-state index in [0.29, 0.717) is 10.5 Å². The fourth-order valence-corrected chi connectivity index (χ4v) is 1.21. The standard InChI is InChI=1S/C9H6N6O/c10-14-12-9-11-8(6-15(16)13-9)7-4-2-1-3-5-7/h1-6H. The highest BCUT2D eigenvalue weighted by atomic mass is 16.5. The molecule has 1 aromatic heterocycles. The maximum Gasteiger partial charge on any atom is 0.285 e. The van der Waals surface area contributed by atoms with Gasteiger partial charge in [0.2, 0.25) is 6.20 Å². The number of hydrogen-bond acceptors (Lipinski definition) is 4. The van der Waals surface area contributed by atoms with E-state index in [0.717, 1.165) is 5.56 Å². The van der Waals surface area contributed by atoms with Crippen LogP contribution in [0.4, 0.5) is 5.95 Å². The smallest absolute Gasteiger partial charge is 0.285 e. The second-order valence-corrected chi connectivity index (χ2v) is 2.88. The third kappa shape index (κ3) is 2.05. The number of nitrogens with zero attached hydrogens (tertiary/aromatic N) is 6. The molecule has 0 N–H and O–H groups in total. The fourth-order valence-electron chi connectivity index (χ4n) is 1.21. The van der Waals surface area contributed by atoms with Gasteiger partial charge >= 0.3 is 0 Å². The van der Waals surface area contributed by atoms with Crippen LogP contribution in [0, 0.1) is 5.21 Å². The lowest BCUT2D eigenvalue weighted by molar-refractivity contribution is -0.668. The normalized spacial score (nSPS) is 9.50. The third-order valence-corrected chi connectivity index (χ3v) is 1.84. The zero-order chi connectivity index (χ0) is 11.4. The Hall–Kier alpha value is -2.66. The van der Waals surface area contributed by atoms with Crippen molar-refractivity contribution in [3.05, 3.63) is 52.2 Å². The first-order valence-electron chi connectivity index (χ1n) is 4.38. The van der Waals surface area contributed by atoms with E-state index in [4.69, 9.17) is 5.53 Å². The van der Waals surface area contributed by atoms with Gasteiger partial charge in [0.25, 0.3) is 5.95 Å². The van der Waals surface area contributed by atoms with Crippen LogP contribution in [0.15, 0.2) is 41.6 Å². The van der Waals surface area contributed by atoms with Crippen LogP contribution in [-0.2, 0) is 0 Å². The predicted octanol–water partition coefficient (Wildman–Crippen LogP) is 1.72. The van der Waals surface area contributed by atoms with Crippen LogP contribution in [-0.4, -0.2) is 10.1 Å². The van der Waals surface area contributed by atoms with Gasteiger partial charge in [-0.1, -0.05) is 35.2 Å². The van der Waals surface area contributed by atoms with Crippen LogP contribution in [0.3, 0.4) is 0 Å². The number of hydrogen-bond donors (Lipinski definition) is 0. The van der Waals surface area contributed by atoms with Crippen molar-refractivity contribution < 1.29 is 4.85 Å². The van der Waals surface area contributed by atoms with Crippen LogP contribution < -0.4 is 4.85 Å². The maximum atomic E-state index is 11.1. The molecule has 2 aromatic rings. The van der Waals surface area contributed by atoms with Gasteiger partial charge < -0.3 is 5.21 Å². The van der Waals surface area contributed by atoms with Crippen LogP contribution in [0.1, 0.15) is 0 Å². The first-order valence-corrected chi connectivity index (χ1v) is 4.38. The summed E-state index contributed by atoms with van der Waals surface area (Å²) in [7, 11) is 0. The molecule has 0 atom stereocenters. The molecule has 0 radical (unpaired) electrons. The number of rotatable bonds is 2.